The van der Waals surface area contributed by atoms with Crippen molar-refractivity contribution < 1.29 is 0 Å². The summed E-state index contributed by atoms with van der Waals surface area (Å²) < 4.78 is 1.14. The maximum atomic E-state index is 3.60. The van der Waals surface area contributed by atoms with Crippen LogP contribution in [0.15, 0.2) is 40.9 Å². The van der Waals surface area contributed by atoms with Gasteiger partial charge in [0, 0.05) is 26.8 Å². The van der Waals surface area contributed by atoms with E-state index in [1.165, 1.54) is 15.3 Å². The van der Waals surface area contributed by atoms with Crippen molar-refractivity contribution in [2.24, 2.45) is 0 Å². The molecular weight excluding hydrogens is 318 g/mol. The summed E-state index contributed by atoms with van der Waals surface area (Å²) in [4.78, 5) is 2.90. The van der Waals surface area contributed by atoms with Crippen LogP contribution >= 0.6 is 27.3 Å². The first-order valence-corrected chi connectivity index (χ1v) is 8.33. The standard InChI is InChI=1S/C16H20BrNS/c1-3-15-8-9-16(19-15)11-18-12(2)10-13-4-6-14(17)7-5-13/h4-9,12,18H,3,10-11H2,1-2H3. The van der Waals surface area contributed by atoms with Crippen molar-refractivity contribution in [2.75, 3.05) is 0 Å². The first-order valence-electron chi connectivity index (χ1n) is 6.72. The van der Waals surface area contributed by atoms with E-state index < -0.39 is 0 Å². The Balaban J connectivity index is 1.81. The van der Waals surface area contributed by atoms with Gasteiger partial charge in [-0.1, -0.05) is 35.0 Å². The van der Waals surface area contributed by atoms with Crippen LogP contribution < -0.4 is 5.32 Å². The predicted octanol–water partition coefficient (Wildman–Crippen LogP) is 4.79. The maximum Gasteiger partial charge on any atom is 0.0302 e. The average Bonchev–Trinajstić information content (AvgIpc) is 2.87. The van der Waals surface area contributed by atoms with Gasteiger partial charge in [-0.3, -0.25) is 0 Å². The molecule has 3 heteroatoms. The number of rotatable bonds is 6. The van der Waals surface area contributed by atoms with Crippen LogP contribution in [0.25, 0.3) is 0 Å². The van der Waals surface area contributed by atoms with Crippen molar-refractivity contribution in [3.8, 4) is 0 Å². The molecular formula is C16H20BrNS. The Morgan fingerprint density at radius 3 is 2.42 bits per heavy atom. The van der Waals surface area contributed by atoms with Gasteiger partial charge in [0.1, 0.15) is 0 Å². The first kappa shape index (κ1) is 14.8. The first-order chi connectivity index (χ1) is 9.17. The molecule has 19 heavy (non-hydrogen) atoms. The van der Waals surface area contributed by atoms with Crippen LogP contribution in [0.2, 0.25) is 0 Å². The zero-order valence-corrected chi connectivity index (χ0v) is 13.9. The molecule has 0 aliphatic rings. The van der Waals surface area contributed by atoms with Gasteiger partial charge in [-0.05, 0) is 49.6 Å². The lowest BCUT2D eigenvalue weighted by Gasteiger charge is -2.13. The minimum absolute atomic E-state index is 0.494. The van der Waals surface area contributed by atoms with Gasteiger partial charge < -0.3 is 5.32 Å². The summed E-state index contributed by atoms with van der Waals surface area (Å²) in [5.74, 6) is 0. The summed E-state index contributed by atoms with van der Waals surface area (Å²) in [6, 6.07) is 13.5. The smallest absolute Gasteiger partial charge is 0.0302 e. The van der Waals surface area contributed by atoms with E-state index in [1.807, 2.05) is 11.3 Å². The summed E-state index contributed by atoms with van der Waals surface area (Å²) in [6.07, 6.45) is 2.21. The van der Waals surface area contributed by atoms with E-state index in [1.54, 1.807) is 0 Å². The number of nitrogens with one attached hydrogen (secondary N) is 1. The van der Waals surface area contributed by atoms with E-state index in [-0.39, 0.29) is 0 Å². The van der Waals surface area contributed by atoms with Gasteiger partial charge in [-0.25, -0.2) is 0 Å². The molecule has 0 saturated carbocycles. The fourth-order valence-electron chi connectivity index (χ4n) is 2.03. The van der Waals surface area contributed by atoms with Crippen LogP contribution in [-0.4, -0.2) is 6.04 Å². The van der Waals surface area contributed by atoms with Crippen LogP contribution in [0, 0.1) is 0 Å². The molecule has 0 radical (unpaired) electrons. The molecule has 102 valence electrons. The van der Waals surface area contributed by atoms with Gasteiger partial charge in [0.2, 0.25) is 0 Å². The molecule has 0 aliphatic carbocycles. The summed E-state index contributed by atoms with van der Waals surface area (Å²) in [5.41, 5.74) is 1.38. The van der Waals surface area contributed by atoms with E-state index in [2.05, 4.69) is 71.5 Å². The highest BCUT2D eigenvalue weighted by Crippen LogP contribution is 2.17. The average molecular weight is 338 g/mol. The number of hydrogen-bond donors (Lipinski definition) is 1. The molecule has 1 aromatic carbocycles. The SMILES string of the molecule is CCc1ccc(CNC(C)Cc2ccc(Br)cc2)s1. The zero-order valence-electron chi connectivity index (χ0n) is 11.4. The highest BCUT2D eigenvalue weighted by Gasteiger charge is 2.04. The molecule has 0 amide bonds. The molecule has 1 atom stereocenters. The van der Waals surface area contributed by atoms with E-state index in [9.17, 15) is 0 Å². The van der Waals surface area contributed by atoms with Gasteiger partial charge in [-0.15, -0.1) is 11.3 Å². The topological polar surface area (TPSA) is 12.0 Å². The highest BCUT2D eigenvalue weighted by atomic mass is 79.9. The molecule has 2 aromatic rings. The monoisotopic (exact) mass is 337 g/mol. The molecule has 1 unspecified atom stereocenters. The maximum absolute atomic E-state index is 3.60. The van der Waals surface area contributed by atoms with Gasteiger partial charge >= 0.3 is 0 Å². The third-order valence-corrected chi connectivity index (χ3v) is 4.90. The van der Waals surface area contributed by atoms with Crippen LogP contribution in [0.1, 0.15) is 29.2 Å². The predicted molar refractivity (Wildman–Crippen MR) is 87.8 cm³/mol. The van der Waals surface area contributed by atoms with Crippen LogP contribution in [0.5, 0.6) is 0 Å². The molecule has 0 fully saturated rings. The molecule has 1 nitrogen and oxygen atoms in total. The van der Waals surface area contributed by atoms with E-state index >= 15 is 0 Å². The second kappa shape index (κ2) is 7.22. The lowest BCUT2D eigenvalue weighted by molar-refractivity contribution is 0.549. The van der Waals surface area contributed by atoms with Gasteiger partial charge in [0.15, 0.2) is 0 Å². The Morgan fingerprint density at radius 1 is 1.11 bits per heavy atom. The molecule has 1 heterocycles. The van der Waals surface area contributed by atoms with E-state index in [0.29, 0.717) is 6.04 Å². The molecule has 0 aliphatic heterocycles. The van der Waals surface area contributed by atoms with Crippen molar-refractivity contribution >= 4 is 27.3 Å². The van der Waals surface area contributed by atoms with Crippen molar-refractivity contribution in [1.82, 2.24) is 5.32 Å². The summed E-state index contributed by atoms with van der Waals surface area (Å²) in [6.45, 7) is 5.43. The Morgan fingerprint density at radius 2 is 1.79 bits per heavy atom. The number of benzene rings is 1. The fraction of sp³-hybridized carbons (Fsp3) is 0.375. The third kappa shape index (κ3) is 4.75. The van der Waals surface area contributed by atoms with Crippen molar-refractivity contribution in [1.29, 1.82) is 0 Å². The number of halogens is 1. The normalized spacial score (nSPS) is 12.6. The molecule has 0 bridgehead atoms. The van der Waals surface area contributed by atoms with Crippen molar-refractivity contribution in [3.63, 3.8) is 0 Å². The number of hydrogen-bond acceptors (Lipinski definition) is 2. The number of aryl methyl sites for hydroxylation is 1. The highest BCUT2D eigenvalue weighted by molar-refractivity contribution is 9.10. The summed E-state index contributed by atoms with van der Waals surface area (Å²) in [5, 5.41) is 3.60. The minimum Gasteiger partial charge on any atom is -0.309 e. The fourth-order valence-corrected chi connectivity index (χ4v) is 3.20. The van der Waals surface area contributed by atoms with Crippen LogP contribution in [0.3, 0.4) is 0 Å². The second-order valence-corrected chi connectivity index (χ2v) is 7.00. The third-order valence-electron chi connectivity index (χ3n) is 3.15. The second-order valence-electron chi connectivity index (χ2n) is 4.83. The van der Waals surface area contributed by atoms with Gasteiger partial charge in [0.05, 0.1) is 0 Å². The Hall–Kier alpha value is -0.640. The van der Waals surface area contributed by atoms with Crippen molar-refractivity contribution in [2.45, 2.75) is 39.3 Å². The van der Waals surface area contributed by atoms with E-state index in [4.69, 9.17) is 0 Å². The lowest BCUT2D eigenvalue weighted by Crippen LogP contribution is -2.27. The summed E-state index contributed by atoms with van der Waals surface area (Å²) >= 11 is 5.38. The Kier molecular flexibility index (Phi) is 5.61. The van der Waals surface area contributed by atoms with E-state index in [0.717, 1.165) is 23.9 Å². The molecule has 0 spiro atoms. The van der Waals surface area contributed by atoms with Gasteiger partial charge in [0.25, 0.3) is 0 Å². The Bertz CT molecular complexity index is 504. The quantitative estimate of drug-likeness (QED) is 0.798. The lowest BCUT2D eigenvalue weighted by atomic mass is 10.1. The molecule has 2 rings (SSSR count). The molecule has 0 saturated heterocycles. The van der Waals surface area contributed by atoms with Crippen LogP contribution in [0.4, 0.5) is 0 Å². The molecule has 1 aromatic heterocycles. The summed E-state index contributed by atoms with van der Waals surface area (Å²) in [7, 11) is 0. The molecule has 1 N–H and O–H groups in total. The van der Waals surface area contributed by atoms with Crippen molar-refractivity contribution in [3.05, 3.63) is 56.2 Å². The Labute approximate surface area is 128 Å². The largest absolute Gasteiger partial charge is 0.309 e. The van der Waals surface area contributed by atoms with Crippen LogP contribution in [-0.2, 0) is 19.4 Å². The van der Waals surface area contributed by atoms with Gasteiger partial charge in [-0.2, -0.15) is 0 Å². The number of thiophene rings is 1. The minimum atomic E-state index is 0.494. The zero-order chi connectivity index (χ0) is 13.7.